The zero-order valence-electron chi connectivity index (χ0n) is 13.4. The molecule has 2 rings (SSSR count). The van der Waals surface area contributed by atoms with Crippen LogP contribution in [-0.4, -0.2) is 38.1 Å². The molecular formula is C18H30N2. The molecule has 0 heterocycles. The zero-order chi connectivity index (χ0) is 14.4. The van der Waals surface area contributed by atoms with Crippen molar-refractivity contribution in [2.75, 3.05) is 33.2 Å². The minimum Gasteiger partial charge on any atom is -0.315 e. The number of hydrogen-bond acceptors (Lipinski definition) is 2. The second-order valence-corrected chi connectivity index (χ2v) is 6.65. The molecule has 0 amide bonds. The summed E-state index contributed by atoms with van der Waals surface area (Å²) in [6.45, 7) is 9.08. The van der Waals surface area contributed by atoms with Crippen LogP contribution < -0.4 is 5.32 Å². The van der Waals surface area contributed by atoms with Gasteiger partial charge in [-0.25, -0.2) is 0 Å². The average molecular weight is 274 g/mol. The van der Waals surface area contributed by atoms with Gasteiger partial charge in [0.25, 0.3) is 0 Å². The maximum atomic E-state index is 3.53. The Labute approximate surface area is 124 Å². The fourth-order valence-corrected chi connectivity index (χ4v) is 3.17. The fourth-order valence-electron chi connectivity index (χ4n) is 3.17. The van der Waals surface area contributed by atoms with Gasteiger partial charge in [0.15, 0.2) is 0 Å². The first-order valence-corrected chi connectivity index (χ1v) is 8.14. The second-order valence-electron chi connectivity index (χ2n) is 6.65. The summed E-state index contributed by atoms with van der Waals surface area (Å²) in [5.41, 5.74) is 3.18. The molecule has 0 aromatic heterocycles. The molecule has 1 atom stereocenters. The van der Waals surface area contributed by atoms with E-state index in [0.717, 1.165) is 31.5 Å². The molecule has 1 aliphatic rings. The van der Waals surface area contributed by atoms with Crippen molar-refractivity contribution < 1.29 is 0 Å². The zero-order valence-corrected chi connectivity index (χ0v) is 13.4. The van der Waals surface area contributed by atoms with Crippen LogP contribution in [-0.2, 0) is 6.42 Å². The summed E-state index contributed by atoms with van der Waals surface area (Å²) in [6.07, 6.45) is 3.97. The molecule has 112 valence electrons. The van der Waals surface area contributed by atoms with E-state index in [1.54, 1.807) is 11.1 Å². The van der Waals surface area contributed by atoms with Crippen molar-refractivity contribution in [1.82, 2.24) is 10.2 Å². The van der Waals surface area contributed by atoms with Gasteiger partial charge in [0.1, 0.15) is 0 Å². The lowest BCUT2D eigenvalue weighted by atomic mass is 9.82. The third-order valence-corrected chi connectivity index (χ3v) is 4.25. The quantitative estimate of drug-likeness (QED) is 0.768. The molecule has 0 saturated heterocycles. The molecule has 1 aromatic carbocycles. The van der Waals surface area contributed by atoms with Crippen molar-refractivity contribution in [3.63, 3.8) is 0 Å². The van der Waals surface area contributed by atoms with Crippen molar-refractivity contribution in [2.45, 2.75) is 39.0 Å². The van der Waals surface area contributed by atoms with Gasteiger partial charge in [-0.15, -0.1) is 0 Å². The minimum absolute atomic E-state index is 0.732. The molecule has 1 unspecified atom stereocenters. The van der Waals surface area contributed by atoms with Crippen molar-refractivity contribution in [2.24, 2.45) is 5.92 Å². The summed E-state index contributed by atoms with van der Waals surface area (Å²) >= 11 is 0. The lowest BCUT2D eigenvalue weighted by molar-refractivity contribution is 0.295. The minimum atomic E-state index is 0.732. The Morgan fingerprint density at radius 3 is 2.90 bits per heavy atom. The van der Waals surface area contributed by atoms with Crippen molar-refractivity contribution in [1.29, 1.82) is 0 Å². The number of hydrogen-bond donors (Lipinski definition) is 1. The van der Waals surface area contributed by atoms with Crippen LogP contribution in [0.1, 0.15) is 43.7 Å². The molecule has 0 radical (unpaired) electrons. The van der Waals surface area contributed by atoms with Crippen LogP contribution in [0.15, 0.2) is 24.3 Å². The Hall–Kier alpha value is -0.860. The van der Waals surface area contributed by atoms with Crippen molar-refractivity contribution in [3.05, 3.63) is 35.4 Å². The molecule has 2 heteroatoms. The van der Waals surface area contributed by atoms with Crippen LogP contribution >= 0.6 is 0 Å². The molecule has 0 spiro atoms. The number of rotatable bonds is 7. The molecule has 0 aliphatic heterocycles. The maximum absolute atomic E-state index is 3.53. The second kappa shape index (κ2) is 7.80. The summed E-state index contributed by atoms with van der Waals surface area (Å²) in [5.74, 6) is 1.47. The van der Waals surface area contributed by atoms with Crippen LogP contribution in [0.4, 0.5) is 0 Å². The van der Waals surface area contributed by atoms with E-state index >= 15 is 0 Å². The Kier molecular flexibility index (Phi) is 6.06. The predicted molar refractivity (Wildman–Crippen MR) is 87.3 cm³/mol. The molecule has 20 heavy (non-hydrogen) atoms. The molecule has 2 nitrogen and oxygen atoms in total. The third-order valence-electron chi connectivity index (χ3n) is 4.25. The number of nitrogens with one attached hydrogen (secondary N) is 1. The third kappa shape index (κ3) is 4.60. The highest BCUT2D eigenvalue weighted by atomic mass is 15.1. The smallest absolute Gasteiger partial charge is 0.0104 e. The first-order chi connectivity index (χ1) is 9.66. The van der Waals surface area contributed by atoms with Gasteiger partial charge in [-0.3, -0.25) is 0 Å². The van der Waals surface area contributed by atoms with E-state index in [1.165, 1.54) is 25.8 Å². The topological polar surface area (TPSA) is 15.3 Å². The van der Waals surface area contributed by atoms with E-state index in [9.17, 15) is 0 Å². The highest BCUT2D eigenvalue weighted by Gasteiger charge is 2.20. The number of fused-ring (bicyclic) bond motifs is 1. The van der Waals surface area contributed by atoms with Crippen LogP contribution in [0, 0.1) is 5.92 Å². The van der Waals surface area contributed by atoms with Gasteiger partial charge >= 0.3 is 0 Å². The van der Waals surface area contributed by atoms with Crippen LogP contribution in [0.2, 0.25) is 0 Å². The summed E-state index contributed by atoms with van der Waals surface area (Å²) in [7, 11) is 2.26. The average Bonchev–Trinajstić information content (AvgIpc) is 2.44. The Bertz CT molecular complexity index is 400. The largest absolute Gasteiger partial charge is 0.315 e. The van der Waals surface area contributed by atoms with Gasteiger partial charge in [0, 0.05) is 19.6 Å². The number of nitrogens with zero attached hydrogens (tertiary/aromatic N) is 1. The highest BCUT2D eigenvalue weighted by Crippen LogP contribution is 2.31. The number of benzene rings is 1. The van der Waals surface area contributed by atoms with E-state index in [1.807, 2.05) is 0 Å². The van der Waals surface area contributed by atoms with Crippen molar-refractivity contribution in [3.8, 4) is 0 Å². The Morgan fingerprint density at radius 1 is 1.30 bits per heavy atom. The van der Waals surface area contributed by atoms with E-state index < -0.39 is 0 Å². The molecule has 1 aliphatic carbocycles. The summed E-state index contributed by atoms with van der Waals surface area (Å²) in [6, 6.07) is 9.03. The maximum Gasteiger partial charge on any atom is 0.0104 e. The summed E-state index contributed by atoms with van der Waals surface area (Å²) in [4.78, 5) is 2.49. The van der Waals surface area contributed by atoms with Gasteiger partial charge < -0.3 is 10.2 Å². The molecule has 0 bridgehead atoms. The van der Waals surface area contributed by atoms with E-state index in [0.29, 0.717) is 0 Å². The van der Waals surface area contributed by atoms with Gasteiger partial charge in [-0.1, -0.05) is 38.1 Å². The van der Waals surface area contributed by atoms with Gasteiger partial charge in [0.2, 0.25) is 0 Å². The van der Waals surface area contributed by atoms with E-state index in [4.69, 9.17) is 0 Å². The van der Waals surface area contributed by atoms with E-state index in [-0.39, 0.29) is 0 Å². The van der Waals surface area contributed by atoms with Crippen LogP contribution in [0.3, 0.4) is 0 Å². The SMILES string of the molecule is CC(C)CNCCN(C)CC1CCCc2ccccc21. The molecule has 0 fully saturated rings. The standard InChI is InChI=1S/C18H30N2/c1-15(2)13-19-11-12-20(3)14-17-9-6-8-16-7-4-5-10-18(16)17/h4-5,7,10,15,17,19H,6,8-9,11-14H2,1-3H3. The fraction of sp³-hybridized carbons (Fsp3) is 0.667. The number of likely N-dealkylation sites (N-methyl/N-ethyl adjacent to an activating group) is 1. The first kappa shape index (κ1) is 15.5. The lowest BCUT2D eigenvalue weighted by Crippen LogP contribution is -2.34. The van der Waals surface area contributed by atoms with E-state index in [2.05, 4.69) is 55.4 Å². The lowest BCUT2D eigenvalue weighted by Gasteiger charge is -2.29. The molecular weight excluding hydrogens is 244 g/mol. The molecule has 1 aromatic rings. The highest BCUT2D eigenvalue weighted by molar-refractivity contribution is 5.32. The normalized spacial score (nSPS) is 18.6. The van der Waals surface area contributed by atoms with Gasteiger partial charge in [0.05, 0.1) is 0 Å². The monoisotopic (exact) mass is 274 g/mol. The Morgan fingerprint density at radius 2 is 2.10 bits per heavy atom. The first-order valence-electron chi connectivity index (χ1n) is 8.14. The van der Waals surface area contributed by atoms with Crippen LogP contribution in [0.25, 0.3) is 0 Å². The number of aryl methyl sites for hydroxylation is 1. The Balaban J connectivity index is 1.79. The molecule has 0 saturated carbocycles. The predicted octanol–water partition coefficient (Wildman–Crippen LogP) is 3.28. The summed E-state index contributed by atoms with van der Waals surface area (Å²) in [5, 5.41) is 3.53. The van der Waals surface area contributed by atoms with Gasteiger partial charge in [-0.05, 0) is 55.8 Å². The van der Waals surface area contributed by atoms with Crippen molar-refractivity contribution >= 4 is 0 Å². The molecule has 1 N–H and O–H groups in total. The van der Waals surface area contributed by atoms with Gasteiger partial charge in [-0.2, -0.15) is 0 Å². The summed E-state index contributed by atoms with van der Waals surface area (Å²) < 4.78 is 0. The van der Waals surface area contributed by atoms with Crippen LogP contribution in [0.5, 0.6) is 0 Å².